The first-order chi connectivity index (χ1) is 10.7. The first-order valence-corrected chi connectivity index (χ1v) is 7.62. The Balaban J connectivity index is 0.000000371. The molecule has 2 unspecified atom stereocenters. The molecule has 7 heteroatoms. The molecule has 2 atom stereocenters. The molecular formula is C16H28N2O5. The largest absolute Gasteiger partial charge is 0.481 e. The molecule has 1 fully saturated rings. The Morgan fingerprint density at radius 1 is 1.52 bits per heavy atom. The summed E-state index contributed by atoms with van der Waals surface area (Å²) >= 11 is 0. The number of carbonyl (C=O) groups excluding carboxylic acids is 1. The van der Waals surface area contributed by atoms with Crippen molar-refractivity contribution >= 4 is 12.3 Å². The van der Waals surface area contributed by atoms with Gasteiger partial charge in [-0.15, -0.1) is 0 Å². The minimum atomic E-state index is -0.833. The van der Waals surface area contributed by atoms with Crippen molar-refractivity contribution in [2.45, 2.75) is 46.1 Å². The van der Waals surface area contributed by atoms with Crippen LogP contribution in [0, 0.1) is 12.8 Å². The lowest BCUT2D eigenvalue weighted by atomic mass is 9.95. The van der Waals surface area contributed by atoms with Gasteiger partial charge in [-0.25, -0.2) is 0 Å². The molecule has 0 spiro atoms. The Morgan fingerprint density at radius 2 is 2.09 bits per heavy atom. The van der Waals surface area contributed by atoms with Gasteiger partial charge in [-0.2, -0.15) is 0 Å². The molecule has 0 saturated carbocycles. The highest BCUT2D eigenvalue weighted by Gasteiger charge is 2.18. The van der Waals surface area contributed by atoms with Gasteiger partial charge in [-0.1, -0.05) is 19.0 Å². The molecule has 7 nitrogen and oxygen atoms in total. The Morgan fingerprint density at radius 3 is 2.30 bits per heavy atom. The number of aliphatic hydroxyl groups excluding tert-OH is 1. The summed E-state index contributed by atoms with van der Waals surface area (Å²) in [5.74, 6) is -0.0708. The van der Waals surface area contributed by atoms with Crippen LogP contribution in [0.4, 0.5) is 0 Å². The van der Waals surface area contributed by atoms with E-state index in [1.807, 2.05) is 27.8 Å². The summed E-state index contributed by atoms with van der Waals surface area (Å²) < 4.78 is 5.00. The second-order valence-electron chi connectivity index (χ2n) is 6.00. The second kappa shape index (κ2) is 10.9. The molecule has 0 radical (unpaired) electrons. The summed E-state index contributed by atoms with van der Waals surface area (Å²) in [6, 6.07) is 1.80. The monoisotopic (exact) mass is 328 g/mol. The van der Waals surface area contributed by atoms with E-state index in [1.165, 1.54) is 0 Å². The maximum atomic E-state index is 10.7. The number of aryl methyl sites for hydroxylation is 1. The number of hydrogen-bond donors (Lipinski definition) is 2. The fraction of sp³-hybridized carbons (Fsp3) is 0.688. The number of carboxylic acid groups (broad SMARTS) is 1. The van der Waals surface area contributed by atoms with Gasteiger partial charge in [0.15, 0.2) is 0 Å². The van der Waals surface area contributed by atoms with Crippen LogP contribution in [0.1, 0.15) is 44.6 Å². The van der Waals surface area contributed by atoms with Gasteiger partial charge in [0.05, 0.1) is 17.7 Å². The van der Waals surface area contributed by atoms with E-state index in [-0.39, 0.29) is 17.9 Å². The van der Waals surface area contributed by atoms with Crippen LogP contribution in [0.15, 0.2) is 10.6 Å². The normalized spacial score (nSPS) is 18.5. The zero-order valence-corrected chi connectivity index (χ0v) is 14.5. The summed E-state index contributed by atoms with van der Waals surface area (Å²) in [6.45, 7) is 8.81. The molecule has 1 aliphatic rings. The highest BCUT2D eigenvalue weighted by Crippen LogP contribution is 2.22. The van der Waals surface area contributed by atoms with Gasteiger partial charge >= 0.3 is 0 Å². The van der Waals surface area contributed by atoms with Crippen molar-refractivity contribution in [2.75, 3.05) is 20.1 Å². The van der Waals surface area contributed by atoms with Crippen LogP contribution in [0.2, 0.25) is 0 Å². The predicted molar refractivity (Wildman–Crippen MR) is 86.3 cm³/mol. The first kappa shape index (κ1) is 21.3. The van der Waals surface area contributed by atoms with Crippen molar-refractivity contribution in [3.63, 3.8) is 0 Å². The van der Waals surface area contributed by atoms with Gasteiger partial charge < -0.3 is 24.4 Å². The summed E-state index contributed by atoms with van der Waals surface area (Å²) in [4.78, 5) is 21.8. The lowest BCUT2D eigenvalue weighted by molar-refractivity contribution is -0.134. The van der Waals surface area contributed by atoms with Gasteiger partial charge in [0.25, 0.3) is 5.97 Å². The average Bonchev–Trinajstić information content (AvgIpc) is 2.99. The average molecular weight is 328 g/mol. The highest BCUT2D eigenvalue weighted by atomic mass is 16.5. The van der Waals surface area contributed by atoms with Crippen LogP contribution >= 0.6 is 0 Å². The van der Waals surface area contributed by atoms with Gasteiger partial charge in [0.2, 0.25) is 0 Å². The molecule has 23 heavy (non-hydrogen) atoms. The van der Waals surface area contributed by atoms with E-state index >= 15 is 0 Å². The maximum absolute atomic E-state index is 10.7. The number of nitrogens with zero attached hydrogens (tertiary/aromatic N) is 2. The number of carbonyl (C=O) groups is 2. The number of hydrogen-bond acceptors (Lipinski definition) is 6. The van der Waals surface area contributed by atoms with Crippen LogP contribution in [-0.4, -0.2) is 58.8 Å². The third-order valence-corrected chi connectivity index (χ3v) is 3.21. The van der Waals surface area contributed by atoms with Crippen LogP contribution < -0.4 is 0 Å². The molecule has 132 valence electrons. The molecule has 2 heterocycles. The number of aldehydes is 1. The van der Waals surface area contributed by atoms with E-state index in [9.17, 15) is 4.79 Å². The SMILES string of the molecule is CC(=O)O.CN1CCC(O)C1.Cc1cc(C(C=O)C(C)C)on1. The standard InChI is InChI=1S/C9H13NO2.C5H11NO.C2H4O2/c1-6(2)8(5-11)9-4-7(3)10-12-9;1-6-3-2-5(7)4-6;1-2(3)4/h4-6,8H,1-3H3;5,7H,2-4H2,1H3;1H3,(H,3,4). The van der Waals surface area contributed by atoms with Gasteiger partial charge in [0.1, 0.15) is 12.0 Å². The number of aromatic nitrogens is 1. The highest BCUT2D eigenvalue weighted by molar-refractivity contribution is 5.63. The Hall–Kier alpha value is -1.73. The van der Waals surface area contributed by atoms with Crippen molar-refractivity contribution in [3.8, 4) is 0 Å². The lowest BCUT2D eigenvalue weighted by Crippen LogP contribution is -2.15. The molecule has 1 aromatic rings. The third-order valence-electron chi connectivity index (χ3n) is 3.21. The zero-order chi connectivity index (χ0) is 18.0. The molecule has 0 aliphatic carbocycles. The summed E-state index contributed by atoms with van der Waals surface area (Å²) in [5, 5.41) is 20.0. The molecule has 0 bridgehead atoms. The van der Waals surface area contributed by atoms with Crippen LogP contribution in [-0.2, 0) is 9.59 Å². The summed E-state index contributed by atoms with van der Waals surface area (Å²) in [7, 11) is 2.02. The van der Waals surface area contributed by atoms with E-state index in [4.69, 9.17) is 19.5 Å². The molecule has 1 aliphatic heterocycles. The molecular weight excluding hydrogens is 300 g/mol. The second-order valence-corrected chi connectivity index (χ2v) is 6.00. The van der Waals surface area contributed by atoms with Gasteiger partial charge in [-0.3, -0.25) is 4.79 Å². The van der Waals surface area contributed by atoms with E-state index in [0.29, 0.717) is 5.76 Å². The summed E-state index contributed by atoms with van der Waals surface area (Å²) in [6.07, 6.45) is 1.81. The third kappa shape index (κ3) is 9.80. The van der Waals surface area contributed by atoms with Gasteiger partial charge in [0, 0.05) is 26.1 Å². The molecule has 0 aromatic carbocycles. The van der Waals surface area contributed by atoms with Crippen molar-refractivity contribution in [2.24, 2.45) is 5.92 Å². The van der Waals surface area contributed by atoms with Crippen molar-refractivity contribution in [1.82, 2.24) is 10.1 Å². The number of β-amino-alcohol motifs (C(OH)–C–C–N with tert-alkyl or cyclic N) is 1. The smallest absolute Gasteiger partial charge is 0.300 e. The number of aliphatic carboxylic acids is 1. The summed E-state index contributed by atoms with van der Waals surface area (Å²) in [5.41, 5.74) is 0.817. The number of aliphatic hydroxyl groups is 1. The van der Waals surface area contributed by atoms with E-state index in [1.54, 1.807) is 6.07 Å². The quantitative estimate of drug-likeness (QED) is 0.814. The van der Waals surface area contributed by atoms with Crippen molar-refractivity contribution in [3.05, 3.63) is 17.5 Å². The van der Waals surface area contributed by atoms with Crippen molar-refractivity contribution < 1.29 is 24.3 Å². The Kier molecular flexibility index (Phi) is 10.1. The fourth-order valence-corrected chi connectivity index (χ4v) is 2.00. The van der Waals surface area contributed by atoms with Crippen LogP contribution in [0.3, 0.4) is 0 Å². The minimum Gasteiger partial charge on any atom is -0.481 e. The molecule has 1 saturated heterocycles. The van der Waals surface area contributed by atoms with E-state index in [2.05, 4.69) is 10.1 Å². The Bertz CT molecular complexity index is 461. The molecule has 2 N–H and O–H groups in total. The maximum Gasteiger partial charge on any atom is 0.300 e. The molecule has 2 rings (SSSR count). The van der Waals surface area contributed by atoms with Crippen LogP contribution in [0.25, 0.3) is 0 Å². The van der Waals surface area contributed by atoms with E-state index < -0.39 is 5.97 Å². The lowest BCUT2D eigenvalue weighted by Gasteiger charge is -2.08. The van der Waals surface area contributed by atoms with E-state index in [0.717, 1.165) is 38.4 Å². The zero-order valence-electron chi connectivity index (χ0n) is 14.5. The predicted octanol–water partition coefficient (Wildman–Crippen LogP) is 1.70. The molecule has 1 aromatic heterocycles. The fourth-order valence-electron chi connectivity index (χ4n) is 2.00. The number of likely N-dealkylation sites (tertiary alicyclic amines) is 1. The number of rotatable bonds is 3. The van der Waals surface area contributed by atoms with Crippen molar-refractivity contribution in [1.29, 1.82) is 0 Å². The number of carboxylic acids is 1. The first-order valence-electron chi connectivity index (χ1n) is 7.62. The molecule has 0 amide bonds. The van der Waals surface area contributed by atoms with Crippen LogP contribution in [0.5, 0.6) is 0 Å². The Labute approximate surface area is 137 Å². The minimum absolute atomic E-state index is 0.0509. The topological polar surface area (TPSA) is 104 Å². The van der Waals surface area contributed by atoms with Gasteiger partial charge in [-0.05, 0) is 26.3 Å². The number of likely N-dealkylation sites (N-methyl/N-ethyl adjacent to an activating group) is 1.